The van der Waals surface area contributed by atoms with E-state index in [1.807, 2.05) is 37.3 Å². The van der Waals surface area contributed by atoms with Crippen LogP contribution in [0.1, 0.15) is 35.0 Å². The molecule has 1 aromatic heterocycles. The Morgan fingerprint density at radius 2 is 2.00 bits per heavy atom. The lowest BCUT2D eigenvalue weighted by molar-refractivity contribution is 0.0988. The van der Waals surface area contributed by atoms with Crippen molar-refractivity contribution in [1.29, 1.82) is 0 Å². The highest BCUT2D eigenvalue weighted by Gasteiger charge is 2.21. The maximum atomic E-state index is 13.1. The second-order valence-electron chi connectivity index (χ2n) is 6.47. The van der Waals surface area contributed by atoms with Gasteiger partial charge in [-0.15, -0.1) is 0 Å². The van der Waals surface area contributed by atoms with Crippen molar-refractivity contribution in [2.45, 2.75) is 26.2 Å². The number of benzene rings is 2. The SMILES string of the molecule is CCN(C(=O)c1ccc2c(Cl)c3c(nc2c1)CCC3)c1cccc(Cl)c1. The van der Waals surface area contributed by atoms with E-state index in [0.29, 0.717) is 17.1 Å². The van der Waals surface area contributed by atoms with Gasteiger partial charge in [-0.05, 0) is 62.1 Å². The van der Waals surface area contributed by atoms with E-state index in [0.717, 1.165) is 52.1 Å². The van der Waals surface area contributed by atoms with Crippen LogP contribution >= 0.6 is 23.2 Å². The Hall–Kier alpha value is -2.10. The summed E-state index contributed by atoms with van der Waals surface area (Å²) < 4.78 is 0. The minimum absolute atomic E-state index is 0.0740. The average molecular weight is 385 g/mol. The molecule has 0 saturated carbocycles. The van der Waals surface area contributed by atoms with Crippen LogP contribution in [0.3, 0.4) is 0 Å². The Bertz CT molecular complexity index is 1020. The number of anilines is 1. The van der Waals surface area contributed by atoms with Gasteiger partial charge in [0.2, 0.25) is 0 Å². The van der Waals surface area contributed by atoms with Crippen LogP contribution in [-0.4, -0.2) is 17.4 Å². The van der Waals surface area contributed by atoms with Crippen molar-refractivity contribution in [2.75, 3.05) is 11.4 Å². The van der Waals surface area contributed by atoms with Gasteiger partial charge in [0.1, 0.15) is 0 Å². The number of aryl methyl sites for hydroxylation is 1. The third-order valence-corrected chi connectivity index (χ3v) is 5.54. The van der Waals surface area contributed by atoms with Crippen LogP contribution in [0.4, 0.5) is 5.69 Å². The van der Waals surface area contributed by atoms with Crippen LogP contribution in [0.15, 0.2) is 42.5 Å². The number of fused-ring (bicyclic) bond motifs is 2. The number of carbonyl (C=O) groups is 1. The summed E-state index contributed by atoms with van der Waals surface area (Å²) in [6.45, 7) is 2.50. The van der Waals surface area contributed by atoms with Gasteiger partial charge in [0.25, 0.3) is 5.91 Å². The Kier molecular flexibility index (Phi) is 4.60. The number of halogens is 2. The quantitative estimate of drug-likeness (QED) is 0.580. The molecule has 3 nitrogen and oxygen atoms in total. The molecule has 1 heterocycles. The maximum absolute atomic E-state index is 13.1. The van der Waals surface area contributed by atoms with E-state index in [1.165, 1.54) is 0 Å². The van der Waals surface area contributed by atoms with Crippen LogP contribution in [0.2, 0.25) is 10.0 Å². The predicted molar refractivity (Wildman–Crippen MR) is 108 cm³/mol. The number of rotatable bonds is 3. The van der Waals surface area contributed by atoms with E-state index >= 15 is 0 Å². The number of hydrogen-bond acceptors (Lipinski definition) is 2. The third kappa shape index (κ3) is 2.95. The van der Waals surface area contributed by atoms with E-state index in [9.17, 15) is 4.79 Å². The van der Waals surface area contributed by atoms with Crippen LogP contribution in [0.25, 0.3) is 10.9 Å². The Labute approximate surface area is 162 Å². The number of carbonyl (C=O) groups excluding carboxylic acids is 1. The van der Waals surface area contributed by atoms with E-state index in [4.69, 9.17) is 28.2 Å². The van der Waals surface area contributed by atoms with Crippen LogP contribution in [-0.2, 0) is 12.8 Å². The summed E-state index contributed by atoms with van der Waals surface area (Å²) in [6, 6.07) is 12.9. The normalized spacial score (nSPS) is 13.0. The molecule has 1 aliphatic rings. The van der Waals surface area contributed by atoms with Gasteiger partial charge < -0.3 is 4.90 Å². The first-order chi connectivity index (χ1) is 12.6. The zero-order valence-corrected chi connectivity index (χ0v) is 15.9. The van der Waals surface area contributed by atoms with Gasteiger partial charge in [0.15, 0.2) is 0 Å². The average Bonchev–Trinajstić information content (AvgIpc) is 3.11. The fourth-order valence-corrected chi connectivity index (χ4v) is 4.13. The maximum Gasteiger partial charge on any atom is 0.258 e. The molecule has 0 unspecified atom stereocenters. The zero-order chi connectivity index (χ0) is 18.3. The molecule has 3 aromatic rings. The Balaban J connectivity index is 1.76. The van der Waals surface area contributed by atoms with Crippen molar-refractivity contribution in [3.8, 4) is 0 Å². The number of nitrogens with zero attached hydrogens (tertiary/aromatic N) is 2. The molecule has 0 spiro atoms. The Morgan fingerprint density at radius 3 is 2.77 bits per heavy atom. The number of hydrogen-bond donors (Lipinski definition) is 0. The lowest BCUT2D eigenvalue weighted by Crippen LogP contribution is -2.30. The molecule has 132 valence electrons. The van der Waals surface area contributed by atoms with Crippen molar-refractivity contribution >= 4 is 45.7 Å². The van der Waals surface area contributed by atoms with Crippen molar-refractivity contribution < 1.29 is 4.79 Å². The first-order valence-electron chi connectivity index (χ1n) is 8.77. The fraction of sp³-hybridized carbons (Fsp3) is 0.238. The van der Waals surface area contributed by atoms with Crippen LogP contribution in [0, 0.1) is 0 Å². The summed E-state index contributed by atoms with van der Waals surface area (Å²) >= 11 is 12.7. The van der Waals surface area contributed by atoms with Crippen LogP contribution in [0.5, 0.6) is 0 Å². The van der Waals surface area contributed by atoms with E-state index in [2.05, 4.69) is 0 Å². The molecule has 1 aliphatic carbocycles. The smallest absolute Gasteiger partial charge is 0.258 e. The first kappa shape index (κ1) is 17.3. The van der Waals surface area contributed by atoms with E-state index < -0.39 is 0 Å². The standard InChI is InChI=1S/C21H18Cl2N2O/c1-2-25(15-6-3-5-14(22)12-15)21(26)13-9-10-17-19(11-13)24-18-8-4-7-16(18)20(17)23/h3,5-6,9-12H,2,4,7-8H2,1H3. The second-order valence-corrected chi connectivity index (χ2v) is 7.28. The lowest BCUT2D eigenvalue weighted by atomic mass is 10.1. The van der Waals surface area contributed by atoms with Gasteiger partial charge in [0, 0.05) is 33.9 Å². The van der Waals surface area contributed by atoms with Crippen LogP contribution < -0.4 is 4.90 Å². The molecule has 0 N–H and O–H groups in total. The molecule has 0 saturated heterocycles. The molecule has 26 heavy (non-hydrogen) atoms. The van der Waals surface area contributed by atoms with Gasteiger partial charge in [-0.3, -0.25) is 9.78 Å². The fourth-order valence-electron chi connectivity index (χ4n) is 3.58. The molecule has 0 bridgehead atoms. The van der Waals surface area contributed by atoms with Crippen molar-refractivity contribution in [2.24, 2.45) is 0 Å². The summed E-state index contributed by atoms with van der Waals surface area (Å²) in [4.78, 5) is 19.5. The van der Waals surface area contributed by atoms with Crippen molar-refractivity contribution in [3.63, 3.8) is 0 Å². The van der Waals surface area contributed by atoms with Crippen molar-refractivity contribution in [1.82, 2.24) is 4.98 Å². The van der Waals surface area contributed by atoms with Gasteiger partial charge in [0.05, 0.1) is 10.5 Å². The van der Waals surface area contributed by atoms with Gasteiger partial charge >= 0.3 is 0 Å². The van der Waals surface area contributed by atoms with Gasteiger partial charge in [-0.25, -0.2) is 0 Å². The zero-order valence-electron chi connectivity index (χ0n) is 14.4. The molecule has 0 atom stereocenters. The number of aromatic nitrogens is 1. The summed E-state index contributed by atoms with van der Waals surface area (Å²) in [5.41, 5.74) is 4.39. The molecular weight excluding hydrogens is 367 g/mol. The third-order valence-electron chi connectivity index (χ3n) is 4.87. The highest BCUT2D eigenvalue weighted by atomic mass is 35.5. The molecule has 0 aliphatic heterocycles. The van der Waals surface area contributed by atoms with Gasteiger partial charge in [-0.2, -0.15) is 0 Å². The molecule has 5 heteroatoms. The lowest BCUT2D eigenvalue weighted by Gasteiger charge is -2.21. The first-order valence-corrected chi connectivity index (χ1v) is 9.52. The minimum Gasteiger partial charge on any atom is -0.309 e. The minimum atomic E-state index is -0.0740. The molecule has 1 amide bonds. The molecule has 0 radical (unpaired) electrons. The molecular formula is C21H18Cl2N2O. The highest BCUT2D eigenvalue weighted by molar-refractivity contribution is 6.36. The monoisotopic (exact) mass is 384 g/mol. The number of pyridine rings is 1. The molecule has 0 fully saturated rings. The summed E-state index contributed by atoms with van der Waals surface area (Å²) in [6.07, 6.45) is 3.02. The van der Waals surface area contributed by atoms with Crippen molar-refractivity contribution in [3.05, 3.63) is 69.3 Å². The summed E-state index contributed by atoms with van der Waals surface area (Å²) in [7, 11) is 0. The topological polar surface area (TPSA) is 33.2 Å². The van der Waals surface area contributed by atoms with Gasteiger partial charge in [-0.1, -0.05) is 35.3 Å². The highest BCUT2D eigenvalue weighted by Crippen LogP contribution is 2.34. The van der Waals surface area contributed by atoms with E-state index in [-0.39, 0.29) is 5.91 Å². The predicted octanol–water partition coefficient (Wildman–Crippen LogP) is 5.70. The van der Waals surface area contributed by atoms with E-state index in [1.54, 1.807) is 17.0 Å². The summed E-state index contributed by atoms with van der Waals surface area (Å²) in [5, 5.41) is 2.30. The second kappa shape index (κ2) is 6.90. The summed E-state index contributed by atoms with van der Waals surface area (Å²) in [5.74, 6) is -0.0740. The largest absolute Gasteiger partial charge is 0.309 e. The molecule has 4 rings (SSSR count). The molecule has 2 aromatic carbocycles. The Morgan fingerprint density at radius 1 is 1.15 bits per heavy atom. The number of amides is 1.